The van der Waals surface area contributed by atoms with Gasteiger partial charge in [0.25, 0.3) is 0 Å². The molecule has 0 amide bonds. The molecule has 0 spiro atoms. The van der Waals surface area contributed by atoms with Crippen molar-refractivity contribution in [3.63, 3.8) is 0 Å². The highest BCUT2D eigenvalue weighted by Crippen LogP contribution is 2.35. The van der Waals surface area contributed by atoms with Crippen molar-refractivity contribution < 1.29 is 13.9 Å². The Morgan fingerprint density at radius 3 is 2.66 bits per heavy atom. The molecule has 3 aromatic carbocycles. The molecule has 0 fully saturated rings. The van der Waals surface area contributed by atoms with E-state index in [1.54, 1.807) is 19.1 Å². The van der Waals surface area contributed by atoms with Crippen molar-refractivity contribution in [1.29, 1.82) is 0 Å². The third kappa shape index (κ3) is 4.01. The molecule has 32 heavy (non-hydrogen) atoms. The highest BCUT2D eigenvalue weighted by Gasteiger charge is 2.24. The molecule has 7 heteroatoms. The minimum absolute atomic E-state index is 0.180. The zero-order valence-corrected chi connectivity index (χ0v) is 19.6. The van der Waals surface area contributed by atoms with Gasteiger partial charge < -0.3 is 13.9 Å². The number of nitrogens with zero attached hydrogens (tertiary/aromatic N) is 1. The van der Waals surface area contributed by atoms with E-state index in [0.29, 0.717) is 47.3 Å². The zero-order valence-electron chi connectivity index (χ0n) is 17.2. The first-order valence-electron chi connectivity index (χ1n) is 10.1. The molecule has 1 aliphatic rings. The lowest BCUT2D eigenvalue weighted by molar-refractivity contribution is 0.0889. The van der Waals surface area contributed by atoms with E-state index in [9.17, 15) is 4.79 Å². The van der Waals surface area contributed by atoms with Crippen LogP contribution in [0, 0.1) is 6.92 Å². The van der Waals surface area contributed by atoms with E-state index < -0.39 is 0 Å². The molecular weight excluding hydrogens is 494 g/mol. The Balaban J connectivity index is 1.50. The van der Waals surface area contributed by atoms with E-state index in [-0.39, 0.29) is 11.2 Å². The molecule has 0 aliphatic carbocycles. The maximum atomic E-state index is 13.3. The average molecular weight is 513 g/mol. The average Bonchev–Trinajstić information content (AvgIpc) is 2.79. The summed E-state index contributed by atoms with van der Waals surface area (Å²) in [5.74, 6) is 1.88. The molecule has 162 valence electrons. The van der Waals surface area contributed by atoms with Gasteiger partial charge in [-0.15, -0.1) is 0 Å². The van der Waals surface area contributed by atoms with Crippen molar-refractivity contribution in [3.05, 3.63) is 97.3 Å². The molecule has 0 saturated carbocycles. The molecule has 5 nitrogen and oxygen atoms in total. The predicted molar refractivity (Wildman–Crippen MR) is 128 cm³/mol. The van der Waals surface area contributed by atoms with Crippen molar-refractivity contribution in [2.24, 2.45) is 0 Å². The fraction of sp³-hybridized carbons (Fsp3) is 0.160. The SMILES string of the molecule is Cc1oc2c3c(ccc2c(=O)c1Oc1ccccc1Br)OCN(Cc1ccc(Cl)cc1)C3. The molecule has 0 bridgehead atoms. The minimum Gasteiger partial charge on any atom is -0.478 e. The van der Waals surface area contributed by atoms with E-state index in [4.69, 9.17) is 25.5 Å². The first-order chi connectivity index (χ1) is 15.5. The van der Waals surface area contributed by atoms with Crippen molar-refractivity contribution in [3.8, 4) is 17.2 Å². The smallest absolute Gasteiger partial charge is 0.235 e. The number of benzene rings is 3. The lowest BCUT2D eigenvalue weighted by Gasteiger charge is -2.29. The molecule has 2 heterocycles. The summed E-state index contributed by atoms with van der Waals surface area (Å²) >= 11 is 9.45. The number of hydrogen-bond acceptors (Lipinski definition) is 5. The van der Waals surface area contributed by atoms with E-state index in [0.717, 1.165) is 21.3 Å². The molecule has 0 unspecified atom stereocenters. The monoisotopic (exact) mass is 511 g/mol. The number of hydrogen-bond donors (Lipinski definition) is 0. The van der Waals surface area contributed by atoms with E-state index >= 15 is 0 Å². The maximum absolute atomic E-state index is 13.3. The van der Waals surface area contributed by atoms with Gasteiger partial charge in [0.05, 0.1) is 15.4 Å². The first kappa shape index (κ1) is 21.1. The van der Waals surface area contributed by atoms with Crippen LogP contribution in [0.3, 0.4) is 0 Å². The van der Waals surface area contributed by atoms with Crippen LogP contribution >= 0.6 is 27.5 Å². The van der Waals surface area contributed by atoms with Crippen molar-refractivity contribution >= 4 is 38.5 Å². The topological polar surface area (TPSA) is 51.9 Å². The van der Waals surface area contributed by atoms with Crippen LogP contribution < -0.4 is 14.9 Å². The Labute approximate surface area is 198 Å². The van der Waals surface area contributed by atoms with E-state index in [1.165, 1.54) is 0 Å². The summed E-state index contributed by atoms with van der Waals surface area (Å²) in [7, 11) is 0. The maximum Gasteiger partial charge on any atom is 0.235 e. The van der Waals surface area contributed by atoms with Gasteiger partial charge in [0.1, 0.15) is 29.6 Å². The Morgan fingerprint density at radius 1 is 1.09 bits per heavy atom. The zero-order chi connectivity index (χ0) is 22.2. The number of fused-ring (bicyclic) bond motifs is 3. The first-order valence-corrected chi connectivity index (χ1v) is 11.3. The highest BCUT2D eigenvalue weighted by atomic mass is 79.9. The van der Waals surface area contributed by atoms with Gasteiger partial charge in [-0.2, -0.15) is 0 Å². The van der Waals surface area contributed by atoms with Crippen LogP contribution in [0.1, 0.15) is 16.9 Å². The van der Waals surface area contributed by atoms with Crippen LogP contribution in [-0.4, -0.2) is 11.6 Å². The second-order valence-corrected chi connectivity index (χ2v) is 8.95. The molecule has 0 atom stereocenters. The molecule has 5 rings (SSSR count). The lowest BCUT2D eigenvalue weighted by atomic mass is 10.1. The van der Waals surface area contributed by atoms with E-state index in [2.05, 4.69) is 20.8 Å². The van der Waals surface area contributed by atoms with Gasteiger partial charge in [-0.1, -0.05) is 35.9 Å². The quantitative estimate of drug-likeness (QED) is 0.306. The van der Waals surface area contributed by atoms with Crippen molar-refractivity contribution in [2.75, 3.05) is 6.73 Å². The largest absolute Gasteiger partial charge is 0.478 e. The Morgan fingerprint density at radius 2 is 1.88 bits per heavy atom. The Hall–Kier alpha value is -2.80. The number of ether oxygens (including phenoxy) is 2. The van der Waals surface area contributed by atoms with Gasteiger partial charge in [0.15, 0.2) is 0 Å². The summed E-state index contributed by atoms with van der Waals surface area (Å²) in [5.41, 5.74) is 2.31. The standard InChI is InChI=1S/C25H19BrClNO4/c1-15-24(32-22-5-3-2-4-20(22)26)23(29)18-10-11-21-19(25(18)31-15)13-28(14-30-21)12-16-6-8-17(27)9-7-16/h2-11H,12-14H2,1H3. The van der Waals surface area contributed by atoms with Gasteiger partial charge in [0, 0.05) is 18.1 Å². The van der Waals surface area contributed by atoms with Gasteiger partial charge in [-0.05, 0) is 64.8 Å². The summed E-state index contributed by atoms with van der Waals surface area (Å²) in [6.45, 7) is 3.48. The molecule has 1 aromatic heterocycles. The van der Waals surface area contributed by atoms with Gasteiger partial charge >= 0.3 is 0 Å². The van der Waals surface area contributed by atoms with Crippen LogP contribution in [0.15, 0.2) is 74.3 Å². The number of para-hydroxylation sites is 1. The predicted octanol–water partition coefficient (Wildman–Crippen LogP) is 6.66. The molecule has 0 radical (unpaired) electrons. The third-order valence-electron chi connectivity index (χ3n) is 5.40. The molecule has 0 saturated heterocycles. The van der Waals surface area contributed by atoms with Crippen molar-refractivity contribution in [2.45, 2.75) is 20.0 Å². The molecule has 4 aromatic rings. The second kappa shape index (κ2) is 8.62. The highest BCUT2D eigenvalue weighted by molar-refractivity contribution is 9.10. The summed E-state index contributed by atoms with van der Waals surface area (Å²) in [4.78, 5) is 15.4. The second-order valence-electron chi connectivity index (χ2n) is 7.65. The molecular formula is C25H19BrClNO4. The summed E-state index contributed by atoms with van der Waals surface area (Å²) < 4.78 is 18.8. The van der Waals surface area contributed by atoms with Crippen LogP contribution in [0.4, 0.5) is 0 Å². The van der Waals surface area contributed by atoms with E-state index in [1.807, 2.05) is 48.5 Å². The van der Waals surface area contributed by atoms with Gasteiger partial charge in [0.2, 0.25) is 11.2 Å². The van der Waals surface area contributed by atoms with Crippen molar-refractivity contribution in [1.82, 2.24) is 4.90 Å². The summed E-state index contributed by atoms with van der Waals surface area (Å²) in [5, 5.41) is 1.17. The van der Waals surface area contributed by atoms with Crippen LogP contribution in [-0.2, 0) is 13.1 Å². The fourth-order valence-electron chi connectivity index (χ4n) is 3.81. The molecule has 0 N–H and O–H groups in total. The number of rotatable bonds is 4. The molecule has 1 aliphatic heterocycles. The van der Waals surface area contributed by atoms with Gasteiger partial charge in [-0.25, -0.2) is 0 Å². The van der Waals surface area contributed by atoms with Crippen LogP contribution in [0.25, 0.3) is 11.0 Å². The Bertz CT molecular complexity index is 1370. The lowest BCUT2D eigenvalue weighted by Crippen LogP contribution is -2.31. The number of aryl methyl sites for hydroxylation is 1. The van der Waals surface area contributed by atoms with Crippen LogP contribution in [0.5, 0.6) is 17.2 Å². The Kier molecular flexibility index (Phi) is 5.67. The number of halogens is 2. The normalized spacial score (nSPS) is 13.6. The third-order valence-corrected chi connectivity index (χ3v) is 6.30. The summed E-state index contributed by atoms with van der Waals surface area (Å²) in [6, 6.07) is 18.7. The minimum atomic E-state index is -0.211. The van der Waals surface area contributed by atoms with Gasteiger partial charge in [-0.3, -0.25) is 9.69 Å². The van der Waals surface area contributed by atoms with Crippen LogP contribution in [0.2, 0.25) is 5.02 Å². The fourth-order valence-corrected chi connectivity index (χ4v) is 4.30. The summed E-state index contributed by atoms with van der Waals surface area (Å²) in [6.07, 6.45) is 0.